The van der Waals surface area contributed by atoms with E-state index in [9.17, 15) is 9.59 Å². The molecule has 2 aromatic rings. The lowest BCUT2D eigenvalue weighted by molar-refractivity contribution is 0.0690. The molecule has 0 aliphatic carbocycles. The molecule has 0 amide bonds. The number of aryl methyl sites for hydroxylation is 1. The van der Waals surface area contributed by atoms with Crippen LogP contribution in [0, 0.1) is 6.92 Å². The van der Waals surface area contributed by atoms with Gasteiger partial charge in [0.2, 0.25) is 0 Å². The Bertz CT molecular complexity index is 645. The van der Waals surface area contributed by atoms with Crippen LogP contribution in [0.1, 0.15) is 16.1 Å². The third kappa shape index (κ3) is 1.57. The highest BCUT2D eigenvalue weighted by atomic mass is 35.5. The predicted octanol–water partition coefficient (Wildman–Crippen LogP) is 2.19. The summed E-state index contributed by atoms with van der Waals surface area (Å²) in [6.45, 7) is 1.80. The summed E-state index contributed by atoms with van der Waals surface area (Å²) in [7, 11) is 0. The molecule has 2 N–H and O–H groups in total. The van der Waals surface area contributed by atoms with Crippen molar-refractivity contribution in [1.82, 2.24) is 4.98 Å². The van der Waals surface area contributed by atoms with Crippen molar-refractivity contribution in [3.05, 3.63) is 44.8 Å². The molecule has 0 saturated heterocycles. The molecule has 1 aromatic carbocycles. The van der Waals surface area contributed by atoms with Gasteiger partial charge in [-0.2, -0.15) is 0 Å². The van der Waals surface area contributed by atoms with E-state index in [-0.39, 0.29) is 5.69 Å². The van der Waals surface area contributed by atoms with Gasteiger partial charge in [0.05, 0.1) is 10.4 Å². The molecule has 1 heterocycles. The molecule has 1 aromatic heterocycles. The quantitative estimate of drug-likeness (QED) is 0.799. The Kier molecular flexibility index (Phi) is 2.44. The summed E-state index contributed by atoms with van der Waals surface area (Å²) >= 11 is 5.90. The van der Waals surface area contributed by atoms with Crippen LogP contribution in [-0.2, 0) is 0 Å². The Morgan fingerprint density at radius 2 is 2.12 bits per heavy atom. The second-order valence-electron chi connectivity index (χ2n) is 3.47. The molecular weight excluding hydrogens is 230 g/mol. The van der Waals surface area contributed by atoms with E-state index >= 15 is 0 Å². The molecule has 82 valence electrons. The first-order valence-corrected chi connectivity index (χ1v) is 4.94. The first-order valence-electron chi connectivity index (χ1n) is 4.56. The SMILES string of the molecule is Cc1ccc(Cl)c2c(=O)[nH]c(C(=O)O)cc12. The molecule has 0 fully saturated rings. The molecule has 0 unspecified atom stereocenters. The number of aromatic nitrogens is 1. The van der Waals surface area contributed by atoms with Crippen molar-refractivity contribution >= 4 is 28.3 Å². The first kappa shape index (κ1) is 10.7. The number of fused-ring (bicyclic) bond motifs is 1. The zero-order valence-corrected chi connectivity index (χ0v) is 9.13. The smallest absolute Gasteiger partial charge is 0.352 e. The number of rotatable bonds is 1. The zero-order chi connectivity index (χ0) is 11.9. The second-order valence-corrected chi connectivity index (χ2v) is 3.88. The predicted molar refractivity (Wildman–Crippen MR) is 61.3 cm³/mol. The molecule has 0 atom stereocenters. The summed E-state index contributed by atoms with van der Waals surface area (Å²) in [5.74, 6) is -1.17. The maximum Gasteiger partial charge on any atom is 0.352 e. The number of carbonyl (C=O) groups is 1. The van der Waals surface area contributed by atoms with Gasteiger partial charge < -0.3 is 10.1 Å². The maximum absolute atomic E-state index is 11.7. The first-order chi connectivity index (χ1) is 7.50. The van der Waals surface area contributed by atoms with Crippen LogP contribution in [-0.4, -0.2) is 16.1 Å². The van der Waals surface area contributed by atoms with E-state index in [1.165, 1.54) is 6.07 Å². The van der Waals surface area contributed by atoms with Crippen LogP contribution >= 0.6 is 11.6 Å². The fraction of sp³-hybridized carbons (Fsp3) is 0.0909. The second kappa shape index (κ2) is 3.64. The number of aromatic carboxylic acids is 1. The van der Waals surface area contributed by atoms with Gasteiger partial charge in [0.1, 0.15) is 5.69 Å². The third-order valence-corrected chi connectivity index (χ3v) is 2.72. The minimum Gasteiger partial charge on any atom is -0.477 e. The summed E-state index contributed by atoms with van der Waals surface area (Å²) in [5, 5.41) is 10.0. The van der Waals surface area contributed by atoms with Crippen LogP contribution in [0.5, 0.6) is 0 Å². The van der Waals surface area contributed by atoms with Gasteiger partial charge in [0.25, 0.3) is 5.56 Å². The Morgan fingerprint density at radius 1 is 1.44 bits per heavy atom. The average molecular weight is 238 g/mol. The van der Waals surface area contributed by atoms with E-state index in [0.29, 0.717) is 15.8 Å². The van der Waals surface area contributed by atoms with Crippen molar-refractivity contribution in [2.75, 3.05) is 0 Å². The van der Waals surface area contributed by atoms with Crippen molar-refractivity contribution in [1.29, 1.82) is 0 Å². The number of benzene rings is 1. The van der Waals surface area contributed by atoms with Gasteiger partial charge in [0, 0.05) is 0 Å². The largest absolute Gasteiger partial charge is 0.477 e. The Hall–Kier alpha value is -1.81. The van der Waals surface area contributed by atoms with E-state index < -0.39 is 11.5 Å². The van der Waals surface area contributed by atoms with Crippen LogP contribution in [0.3, 0.4) is 0 Å². The van der Waals surface area contributed by atoms with Gasteiger partial charge in [-0.1, -0.05) is 17.7 Å². The Labute approximate surface area is 95.5 Å². The summed E-state index contributed by atoms with van der Waals surface area (Å²) in [4.78, 5) is 24.7. The fourth-order valence-electron chi connectivity index (χ4n) is 1.59. The van der Waals surface area contributed by atoms with Gasteiger partial charge in [0.15, 0.2) is 0 Å². The van der Waals surface area contributed by atoms with E-state index in [1.807, 2.05) is 0 Å². The van der Waals surface area contributed by atoms with Crippen LogP contribution in [0.2, 0.25) is 5.02 Å². The number of H-pyrrole nitrogens is 1. The van der Waals surface area contributed by atoms with E-state index in [0.717, 1.165) is 5.56 Å². The van der Waals surface area contributed by atoms with E-state index in [1.54, 1.807) is 19.1 Å². The minimum absolute atomic E-state index is 0.136. The number of nitrogens with one attached hydrogen (secondary N) is 1. The number of pyridine rings is 1. The van der Waals surface area contributed by atoms with Gasteiger partial charge in [-0.25, -0.2) is 4.79 Å². The topological polar surface area (TPSA) is 70.2 Å². The minimum atomic E-state index is -1.17. The van der Waals surface area contributed by atoms with Crippen LogP contribution in [0.15, 0.2) is 23.0 Å². The number of carboxylic acid groups (broad SMARTS) is 1. The molecule has 0 aliphatic heterocycles. The van der Waals surface area contributed by atoms with Crippen molar-refractivity contribution in [3.8, 4) is 0 Å². The summed E-state index contributed by atoms with van der Waals surface area (Å²) in [5.41, 5.74) is 0.194. The highest BCUT2D eigenvalue weighted by molar-refractivity contribution is 6.35. The van der Waals surface area contributed by atoms with Crippen molar-refractivity contribution in [2.45, 2.75) is 6.92 Å². The van der Waals surface area contributed by atoms with E-state index in [2.05, 4.69) is 4.98 Å². The summed E-state index contributed by atoms with van der Waals surface area (Å²) < 4.78 is 0. The number of carboxylic acids is 1. The molecule has 0 aliphatic rings. The molecule has 5 heteroatoms. The molecule has 16 heavy (non-hydrogen) atoms. The summed E-state index contributed by atoms with van der Waals surface area (Å²) in [6.07, 6.45) is 0. The standard InChI is InChI=1S/C11H8ClNO3/c1-5-2-3-7(12)9-6(5)4-8(11(15)16)13-10(9)14/h2-4H,1H3,(H,13,14)(H,15,16). The van der Waals surface area contributed by atoms with Crippen LogP contribution in [0.4, 0.5) is 0 Å². The average Bonchev–Trinajstić information content (AvgIpc) is 2.22. The summed E-state index contributed by atoms with van der Waals surface area (Å²) in [6, 6.07) is 4.78. The third-order valence-electron chi connectivity index (χ3n) is 2.41. The monoisotopic (exact) mass is 237 g/mol. The zero-order valence-electron chi connectivity index (χ0n) is 8.37. The number of halogens is 1. The van der Waals surface area contributed by atoms with Crippen molar-refractivity contribution < 1.29 is 9.90 Å². The number of aromatic amines is 1. The lowest BCUT2D eigenvalue weighted by atomic mass is 10.1. The molecular formula is C11H8ClNO3. The Balaban J connectivity index is 2.98. The fourth-order valence-corrected chi connectivity index (χ4v) is 1.84. The lowest BCUT2D eigenvalue weighted by Crippen LogP contribution is -2.13. The van der Waals surface area contributed by atoms with Gasteiger partial charge in [-0.05, 0) is 30.0 Å². The molecule has 4 nitrogen and oxygen atoms in total. The molecule has 0 radical (unpaired) electrons. The lowest BCUT2D eigenvalue weighted by Gasteiger charge is -2.04. The maximum atomic E-state index is 11.7. The number of hydrogen-bond donors (Lipinski definition) is 2. The Morgan fingerprint density at radius 3 is 2.75 bits per heavy atom. The van der Waals surface area contributed by atoms with Gasteiger partial charge in [-0.15, -0.1) is 0 Å². The van der Waals surface area contributed by atoms with Gasteiger partial charge >= 0.3 is 5.97 Å². The van der Waals surface area contributed by atoms with Crippen LogP contribution in [0.25, 0.3) is 10.8 Å². The van der Waals surface area contributed by atoms with Gasteiger partial charge in [-0.3, -0.25) is 4.79 Å². The van der Waals surface area contributed by atoms with Crippen LogP contribution < -0.4 is 5.56 Å². The highest BCUT2D eigenvalue weighted by Gasteiger charge is 2.11. The highest BCUT2D eigenvalue weighted by Crippen LogP contribution is 2.23. The molecule has 0 saturated carbocycles. The molecule has 0 spiro atoms. The van der Waals surface area contributed by atoms with Crippen molar-refractivity contribution in [2.24, 2.45) is 0 Å². The molecule has 2 rings (SSSR count). The number of hydrogen-bond acceptors (Lipinski definition) is 2. The normalized spacial score (nSPS) is 10.6. The molecule has 0 bridgehead atoms. The van der Waals surface area contributed by atoms with Crippen molar-refractivity contribution in [3.63, 3.8) is 0 Å². The van der Waals surface area contributed by atoms with E-state index in [4.69, 9.17) is 16.7 Å².